The number of Topliss-reactive ketones (excluding diaryl/α,β-unsaturated/α-hetero) is 1. The molecule has 0 bridgehead atoms. The van der Waals surface area contributed by atoms with Crippen LogP contribution in [-0.4, -0.2) is 45.3 Å². The highest BCUT2D eigenvalue weighted by Gasteiger charge is 2.58. The Hall–Kier alpha value is -2.29. The SMILES string of the molecule is O=C(Nc1ccc(C[C@H](N=C2C(Br)C(=O)C23CCCCC3)C(=O)OC2CCCC2)cc1)c1c(Cl)cncc1Cl. The van der Waals surface area contributed by atoms with Gasteiger partial charge in [-0.15, -0.1) is 0 Å². The molecule has 10 heteroatoms. The lowest BCUT2D eigenvalue weighted by Gasteiger charge is -2.48. The molecule has 1 N–H and O–H groups in total. The lowest BCUT2D eigenvalue weighted by Crippen LogP contribution is -2.61. The number of halogens is 3. The third-order valence-electron chi connectivity index (χ3n) is 8.01. The molecule has 3 aliphatic carbocycles. The van der Waals surface area contributed by atoms with E-state index in [0.29, 0.717) is 12.1 Å². The van der Waals surface area contributed by atoms with E-state index < -0.39 is 22.2 Å². The van der Waals surface area contributed by atoms with Gasteiger partial charge in [-0.1, -0.05) is 70.5 Å². The smallest absolute Gasteiger partial charge is 0.331 e. The number of aromatic nitrogens is 1. The van der Waals surface area contributed by atoms with Crippen molar-refractivity contribution in [2.75, 3.05) is 5.32 Å². The fourth-order valence-corrected chi connectivity index (χ4v) is 7.40. The molecule has 0 radical (unpaired) electrons. The van der Waals surface area contributed by atoms with Gasteiger partial charge < -0.3 is 10.1 Å². The maximum atomic E-state index is 13.4. The van der Waals surface area contributed by atoms with E-state index in [-0.39, 0.29) is 33.5 Å². The van der Waals surface area contributed by atoms with E-state index >= 15 is 0 Å². The summed E-state index contributed by atoms with van der Waals surface area (Å²) in [7, 11) is 0. The minimum Gasteiger partial charge on any atom is -0.461 e. The van der Waals surface area contributed by atoms with Gasteiger partial charge in [-0.2, -0.15) is 0 Å². The van der Waals surface area contributed by atoms with E-state index in [1.54, 1.807) is 12.1 Å². The summed E-state index contributed by atoms with van der Waals surface area (Å²) < 4.78 is 5.87. The Morgan fingerprint density at radius 3 is 2.33 bits per heavy atom. The number of ether oxygens (including phenoxy) is 1. The minimum atomic E-state index is -0.748. The van der Waals surface area contributed by atoms with Gasteiger partial charge in [0, 0.05) is 30.2 Å². The molecule has 1 aromatic carbocycles. The Labute approximate surface area is 246 Å². The Kier molecular flexibility index (Phi) is 8.74. The number of hydrogen-bond acceptors (Lipinski definition) is 6. The summed E-state index contributed by atoms with van der Waals surface area (Å²) in [5.41, 5.74) is 1.81. The van der Waals surface area contributed by atoms with E-state index in [2.05, 4.69) is 26.2 Å². The van der Waals surface area contributed by atoms with Crippen LogP contribution in [0.25, 0.3) is 0 Å². The van der Waals surface area contributed by atoms with Crippen molar-refractivity contribution in [3.8, 4) is 0 Å². The number of nitrogens with one attached hydrogen (secondary N) is 1. The number of carbonyl (C=O) groups excluding carboxylic acids is 3. The second-order valence-corrected chi connectivity index (χ2v) is 12.3. The van der Waals surface area contributed by atoms with Gasteiger partial charge >= 0.3 is 5.97 Å². The molecule has 2 aromatic rings. The Balaban J connectivity index is 1.34. The third-order valence-corrected chi connectivity index (χ3v) is 9.44. The highest BCUT2D eigenvalue weighted by atomic mass is 79.9. The van der Waals surface area contributed by atoms with Gasteiger partial charge in [0.05, 0.1) is 21.0 Å². The maximum absolute atomic E-state index is 13.4. The average molecular weight is 635 g/mol. The van der Waals surface area contributed by atoms with Gasteiger partial charge in [-0.05, 0) is 56.2 Å². The van der Waals surface area contributed by atoms with Crippen LogP contribution < -0.4 is 5.32 Å². The topological polar surface area (TPSA) is 97.7 Å². The Bertz CT molecular complexity index is 1270. The predicted molar refractivity (Wildman–Crippen MR) is 155 cm³/mol. The summed E-state index contributed by atoms with van der Waals surface area (Å²) in [6.45, 7) is 0. The average Bonchev–Trinajstić information content (AvgIpc) is 3.44. The van der Waals surface area contributed by atoms with Crippen molar-refractivity contribution in [2.45, 2.75) is 81.2 Å². The summed E-state index contributed by atoms with van der Waals surface area (Å²) in [5.74, 6) is -0.613. The molecular weight excluding hydrogens is 605 g/mol. The van der Waals surface area contributed by atoms with E-state index in [0.717, 1.165) is 69.1 Å². The predicted octanol–water partition coefficient (Wildman–Crippen LogP) is 6.78. The van der Waals surface area contributed by atoms with Crippen LogP contribution in [0, 0.1) is 5.41 Å². The first-order valence-corrected chi connectivity index (χ1v) is 15.1. The van der Waals surface area contributed by atoms with Crippen LogP contribution in [-0.2, 0) is 20.7 Å². The van der Waals surface area contributed by atoms with Crippen LogP contribution in [0.3, 0.4) is 0 Å². The van der Waals surface area contributed by atoms with Crippen LogP contribution >= 0.6 is 39.1 Å². The van der Waals surface area contributed by atoms with Crippen molar-refractivity contribution < 1.29 is 19.1 Å². The largest absolute Gasteiger partial charge is 0.461 e. The standard InChI is InChI=1S/C29H30BrCl2N3O4/c30-24-25(29(26(24)36)12-4-1-5-13-29)35-22(28(38)39-19-6-2-3-7-19)14-17-8-10-18(11-9-17)34-27(37)23-20(31)15-33-16-21(23)32/h8-11,15-16,19,22,24H,1-7,12-14H2,(H,34,37)/t22-,24?/m0/s1. The highest BCUT2D eigenvalue weighted by Crippen LogP contribution is 2.49. The molecule has 1 heterocycles. The summed E-state index contributed by atoms with van der Waals surface area (Å²) >= 11 is 15.7. The van der Waals surface area contributed by atoms with Gasteiger partial charge in [0.1, 0.15) is 10.9 Å². The first-order valence-electron chi connectivity index (χ1n) is 13.4. The first kappa shape index (κ1) is 28.2. The summed E-state index contributed by atoms with van der Waals surface area (Å²) in [6.07, 6.45) is 11.5. The van der Waals surface area contributed by atoms with Crippen molar-refractivity contribution in [3.63, 3.8) is 0 Å². The molecule has 3 saturated carbocycles. The molecule has 39 heavy (non-hydrogen) atoms. The second-order valence-electron chi connectivity index (χ2n) is 10.6. The number of hydrogen-bond donors (Lipinski definition) is 1. The van der Waals surface area contributed by atoms with Crippen LogP contribution in [0.15, 0.2) is 41.7 Å². The molecule has 3 fully saturated rings. The summed E-state index contributed by atoms with van der Waals surface area (Å²) in [5, 5.41) is 3.12. The quantitative estimate of drug-likeness (QED) is 0.268. The molecule has 1 unspecified atom stereocenters. The number of rotatable bonds is 7. The van der Waals surface area contributed by atoms with Crippen molar-refractivity contribution in [1.82, 2.24) is 4.98 Å². The number of benzene rings is 1. The van der Waals surface area contributed by atoms with Gasteiger partial charge in [0.25, 0.3) is 5.91 Å². The molecule has 3 aliphatic rings. The van der Waals surface area contributed by atoms with Crippen LogP contribution in [0.1, 0.15) is 73.7 Å². The van der Waals surface area contributed by atoms with Crippen LogP contribution in [0.2, 0.25) is 10.0 Å². The number of amides is 1. The first-order chi connectivity index (χ1) is 18.8. The molecule has 1 amide bonds. The number of ketones is 1. The van der Waals surface area contributed by atoms with Crippen molar-refractivity contribution in [3.05, 3.63) is 57.8 Å². The van der Waals surface area contributed by atoms with Gasteiger partial charge in [0.15, 0.2) is 11.8 Å². The Morgan fingerprint density at radius 1 is 1.05 bits per heavy atom. The lowest BCUT2D eigenvalue weighted by molar-refractivity contribution is -0.150. The zero-order valence-electron chi connectivity index (χ0n) is 21.4. The lowest BCUT2D eigenvalue weighted by atomic mass is 9.58. The molecular formula is C29H30BrCl2N3O4. The Morgan fingerprint density at radius 2 is 1.69 bits per heavy atom. The molecule has 1 spiro atoms. The normalized spacial score (nSPS) is 22.5. The molecule has 5 rings (SSSR count). The van der Waals surface area contributed by atoms with Crippen LogP contribution in [0.5, 0.6) is 0 Å². The van der Waals surface area contributed by atoms with E-state index in [4.69, 9.17) is 32.9 Å². The highest BCUT2D eigenvalue weighted by molar-refractivity contribution is 9.10. The molecule has 206 valence electrons. The van der Waals surface area contributed by atoms with Crippen molar-refractivity contribution >= 4 is 68.2 Å². The molecule has 1 aromatic heterocycles. The van der Waals surface area contributed by atoms with Crippen molar-refractivity contribution in [2.24, 2.45) is 10.4 Å². The number of aliphatic imine (C=N–C) groups is 1. The van der Waals surface area contributed by atoms with Gasteiger partial charge in [-0.3, -0.25) is 19.6 Å². The van der Waals surface area contributed by atoms with E-state index in [1.807, 2.05) is 12.1 Å². The number of nitrogens with zero attached hydrogens (tertiary/aromatic N) is 2. The van der Waals surface area contributed by atoms with E-state index in [1.165, 1.54) is 12.4 Å². The van der Waals surface area contributed by atoms with Gasteiger partial charge in [-0.25, -0.2) is 4.79 Å². The summed E-state index contributed by atoms with van der Waals surface area (Å²) in [4.78, 5) is 47.3. The third kappa shape index (κ3) is 5.93. The number of anilines is 1. The molecule has 2 atom stereocenters. The summed E-state index contributed by atoms with van der Waals surface area (Å²) in [6, 6.07) is 6.45. The number of pyridine rings is 1. The second kappa shape index (κ2) is 12.1. The number of esters is 1. The minimum absolute atomic E-state index is 0.0731. The molecule has 0 aliphatic heterocycles. The number of alkyl halides is 1. The monoisotopic (exact) mass is 633 g/mol. The zero-order valence-corrected chi connectivity index (χ0v) is 24.5. The van der Waals surface area contributed by atoms with E-state index in [9.17, 15) is 14.4 Å². The van der Waals surface area contributed by atoms with Crippen molar-refractivity contribution in [1.29, 1.82) is 0 Å². The fraction of sp³-hybridized carbons (Fsp3) is 0.483. The van der Waals surface area contributed by atoms with Gasteiger partial charge in [0.2, 0.25) is 0 Å². The molecule has 7 nitrogen and oxygen atoms in total. The number of carbonyl (C=O) groups is 3. The van der Waals surface area contributed by atoms with Crippen LogP contribution in [0.4, 0.5) is 5.69 Å². The molecule has 0 saturated heterocycles. The maximum Gasteiger partial charge on any atom is 0.331 e. The zero-order chi connectivity index (χ0) is 27.6. The fourth-order valence-electron chi connectivity index (χ4n) is 5.87.